The molecule has 4 rings (SSSR count). The first-order valence-electron chi connectivity index (χ1n) is 11.6. The van der Waals surface area contributed by atoms with Gasteiger partial charge in [-0.05, 0) is 54.2 Å². The molecule has 9 heteroatoms. The van der Waals surface area contributed by atoms with Gasteiger partial charge >= 0.3 is 0 Å². The lowest BCUT2D eigenvalue weighted by molar-refractivity contribution is -0.119. The molecular formula is C26H31N3O5S. The van der Waals surface area contributed by atoms with Gasteiger partial charge in [0.25, 0.3) is 15.9 Å². The van der Waals surface area contributed by atoms with Crippen molar-refractivity contribution in [1.29, 1.82) is 0 Å². The van der Waals surface area contributed by atoms with E-state index in [0.717, 1.165) is 35.0 Å². The van der Waals surface area contributed by atoms with Gasteiger partial charge in [-0.2, -0.15) is 0 Å². The predicted molar refractivity (Wildman–Crippen MR) is 135 cm³/mol. The Balaban J connectivity index is 1.66. The van der Waals surface area contributed by atoms with E-state index in [9.17, 15) is 18.0 Å². The third kappa shape index (κ3) is 4.77. The Morgan fingerprint density at radius 1 is 1.09 bits per heavy atom. The summed E-state index contributed by atoms with van der Waals surface area (Å²) in [7, 11) is -0.975. The topological polar surface area (TPSA) is 97.7 Å². The highest BCUT2D eigenvalue weighted by atomic mass is 32.2. The summed E-state index contributed by atoms with van der Waals surface area (Å²) in [6.07, 6.45) is 4.23. The summed E-state index contributed by atoms with van der Waals surface area (Å²) in [4.78, 5) is 27.1. The van der Waals surface area contributed by atoms with Crippen molar-refractivity contribution in [2.45, 2.75) is 50.3 Å². The fourth-order valence-electron chi connectivity index (χ4n) is 4.37. The molecule has 0 saturated carbocycles. The molecule has 0 radical (unpaired) electrons. The lowest BCUT2D eigenvalue weighted by Crippen LogP contribution is -2.35. The van der Waals surface area contributed by atoms with Gasteiger partial charge in [0.15, 0.2) is 0 Å². The first-order valence-corrected chi connectivity index (χ1v) is 13.1. The van der Waals surface area contributed by atoms with Crippen molar-refractivity contribution in [1.82, 2.24) is 9.29 Å². The number of anilines is 1. The van der Waals surface area contributed by atoms with Crippen molar-refractivity contribution in [3.63, 3.8) is 0 Å². The van der Waals surface area contributed by atoms with Crippen LogP contribution in [0.1, 0.15) is 56.0 Å². The van der Waals surface area contributed by atoms with Crippen LogP contribution >= 0.6 is 0 Å². The minimum atomic E-state index is -4.20. The standard InChI is InChI=1S/C26H31N3O5S/c1-26(2,3)18-10-12-22(34-5)23(15-18)35(32,33)27-25(31)17-9-11-19-20(14-17)28(4)16-21(19)29-13-7-6-8-24(29)30/h9-12,14-16H,6-8,13H2,1-5H3,(H,27,31). The molecule has 1 saturated heterocycles. The van der Waals surface area contributed by atoms with Crippen LogP contribution in [0.3, 0.4) is 0 Å². The lowest BCUT2D eigenvalue weighted by atomic mass is 9.87. The second-order valence-corrected chi connectivity index (χ2v) is 11.6. The number of nitrogens with one attached hydrogen (secondary N) is 1. The summed E-state index contributed by atoms with van der Waals surface area (Å²) in [6.45, 7) is 6.59. The number of fused-ring (bicyclic) bond motifs is 1. The van der Waals surface area contributed by atoms with Crippen LogP contribution in [-0.4, -0.2) is 38.5 Å². The number of piperidine rings is 1. The summed E-state index contributed by atoms with van der Waals surface area (Å²) >= 11 is 0. The Hall–Kier alpha value is -3.33. The van der Waals surface area contributed by atoms with Gasteiger partial charge in [0.05, 0.1) is 18.3 Å². The van der Waals surface area contributed by atoms with E-state index >= 15 is 0 Å². The van der Waals surface area contributed by atoms with Crippen molar-refractivity contribution in [3.8, 4) is 5.75 Å². The number of rotatable bonds is 5. The third-order valence-corrected chi connectivity index (χ3v) is 7.74. The van der Waals surface area contributed by atoms with Crippen molar-refractivity contribution < 1.29 is 22.7 Å². The number of aromatic nitrogens is 1. The second kappa shape index (κ2) is 9.03. The number of carbonyl (C=O) groups excluding carboxylic acids is 2. The largest absolute Gasteiger partial charge is 0.495 e. The average Bonchev–Trinajstić information content (AvgIpc) is 3.13. The van der Waals surface area contributed by atoms with Gasteiger partial charge in [0.1, 0.15) is 10.6 Å². The third-order valence-electron chi connectivity index (χ3n) is 6.39. The summed E-state index contributed by atoms with van der Waals surface area (Å²) in [5, 5.41) is 0.835. The zero-order valence-electron chi connectivity index (χ0n) is 20.7. The van der Waals surface area contributed by atoms with Crippen LogP contribution in [0.2, 0.25) is 0 Å². The fourth-order valence-corrected chi connectivity index (χ4v) is 5.54. The van der Waals surface area contributed by atoms with E-state index < -0.39 is 15.9 Å². The number of methoxy groups -OCH3 is 1. The normalized spacial score (nSPS) is 14.9. The van der Waals surface area contributed by atoms with Crippen LogP contribution in [0, 0.1) is 0 Å². The van der Waals surface area contributed by atoms with Gasteiger partial charge < -0.3 is 14.2 Å². The van der Waals surface area contributed by atoms with Crippen LogP contribution < -0.4 is 14.4 Å². The monoisotopic (exact) mass is 497 g/mol. The molecule has 0 spiro atoms. The molecule has 8 nitrogen and oxygen atoms in total. The summed E-state index contributed by atoms with van der Waals surface area (Å²) in [6, 6.07) is 9.92. The van der Waals surface area contributed by atoms with Crippen molar-refractivity contribution in [3.05, 3.63) is 53.7 Å². The Morgan fingerprint density at radius 2 is 1.83 bits per heavy atom. The minimum absolute atomic E-state index is 0.0862. The van der Waals surface area contributed by atoms with E-state index in [2.05, 4.69) is 4.72 Å². The molecule has 0 bridgehead atoms. The molecule has 1 aliphatic rings. The summed E-state index contributed by atoms with van der Waals surface area (Å²) < 4.78 is 35.7. The molecule has 0 unspecified atom stereocenters. The Kier molecular flexibility index (Phi) is 6.40. The molecule has 186 valence electrons. The summed E-state index contributed by atoms with van der Waals surface area (Å²) in [5.41, 5.74) is 2.25. The number of sulfonamides is 1. The number of benzene rings is 2. The van der Waals surface area contributed by atoms with Gasteiger partial charge in [0.2, 0.25) is 5.91 Å². The molecule has 0 aliphatic carbocycles. The Bertz CT molecular complexity index is 1420. The smallest absolute Gasteiger partial charge is 0.268 e. The minimum Gasteiger partial charge on any atom is -0.495 e. The zero-order valence-corrected chi connectivity index (χ0v) is 21.5. The van der Waals surface area contributed by atoms with Crippen LogP contribution in [0.15, 0.2) is 47.5 Å². The molecule has 2 heterocycles. The maximum atomic E-state index is 13.2. The van der Waals surface area contributed by atoms with Crippen molar-refractivity contribution >= 4 is 38.4 Å². The van der Waals surface area contributed by atoms with Crippen LogP contribution in [0.4, 0.5) is 5.69 Å². The number of carbonyl (C=O) groups is 2. The number of aryl methyl sites for hydroxylation is 1. The molecule has 3 aromatic rings. The Labute approximate surface area is 205 Å². The number of hydrogen-bond acceptors (Lipinski definition) is 5. The van der Waals surface area contributed by atoms with E-state index in [-0.39, 0.29) is 27.5 Å². The second-order valence-electron chi connectivity index (χ2n) is 9.91. The van der Waals surface area contributed by atoms with E-state index in [4.69, 9.17) is 4.74 Å². The van der Waals surface area contributed by atoms with Crippen molar-refractivity contribution in [2.75, 3.05) is 18.6 Å². The maximum Gasteiger partial charge on any atom is 0.268 e. The van der Waals surface area contributed by atoms with Crippen LogP contribution in [0.25, 0.3) is 10.9 Å². The maximum absolute atomic E-state index is 13.2. The number of amides is 2. The highest BCUT2D eigenvalue weighted by Crippen LogP contribution is 2.33. The average molecular weight is 498 g/mol. The van der Waals surface area contributed by atoms with Gasteiger partial charge in [-0.3, -0.25) is 9.59 Å². The van der Waals surface area contributed by atoms with Crippen molar-refractivity contribution in [2.24, 2.45) is 7.05 Å². The molecule has 1 N–H and O–H groups in total. The van der Waals surface area contributed by atoms with Crippen LogP contribution in [0.5, 0.6) is 5.75 Å². The molecule has 1 aromatic heterocycles. The highest BCUT2D eigenvalue weighted by Gasteiger charge is 2.27. The number of nitrogens with zero attached hydrogens (tertiary/aromatic N) is 2. The van der Waals surface area contributed by atoms with E-state index in [1.54, 1.807) is 29.2 Å². The molecule has 2 aromatic carbocycles. The lowest BCUT2D eigenvalue weighted by Gasteiger charge is -2.26. The van der Waals surface area contributed by atoms with E-state index in [0.29, 0.717) is 13.0 Å². The Morgan fingerprint density at radius 3 is 2.49 bits per heavy atom. The predicted octanol–water partition coefficient (Wildman–Crippen LogP) is 4.12. The molecule has 0 atom stereocenters. The first-order chi connectivity index (χ1) is 16.4. The zero-order chi connectivity index (χ0) is 25.5. The van der Waals surface area contributed by atoms with Gasteiger partial charge in [0, 0.05) is 37.2 Å². The quantitative estimate of drug-likeness (QED) is 0.572. The van der Waals surface area contributed by atoms with E-state index in [1.807, 2.05) is 44.6 Å². The highest BCUT2D eigenvalue weighted by molar-refractivity contribution is 7.90. The number of ether oxygens (including phenoxy) is 1. The summed E-state index contributed by atoms with van der Waals surface area (Å²) in [5.74, 6) is -0.498. The van der Waals surface area contributed by atoms with E-state index in [1.165, 1.54) is 13.2 Å². The SMILES string of the molecule is COc1ccc(C(C)(C)C)cc1S(=O)(=O)NC(=O)c1ccc2c(N3CCCCC3=O)cn(C)c2c1. The van der Waals surface area contributed by atoms with Gasteiger partial charge in [-0.1, -0.05) is 26.8 Å². The van der Waals surface area contributed by atoms with Crippen LogP contribution in [-0.2, 0) is 27.3 Å². The molecule has 2 amide bonds. The fraction of sp³-hybridized carbons (Fsp3) is 0.385. The van der Waals surface area contributed by atoms with Gasteiger partial charge in [-0.15, -0.1) is 0 Å². The molecule has 35 heavy (non-hydrogen) atoms. The van der Waals surface area contributed by atoms with Gasteiger partial charge in [-0.25, -0.2) is 13.1 Å². The molecular weight excluding hydrogens is 466 g/mol. The molecule has 1 aliphatic heterocycles. The molecule has 1 fully saturated rings. The first kappa shape index (κ1) is 24.8. The number of hydrogen-bond donors (Lipinski definition) is 1.